The normalized spacial score (nSPS) is 14.2. The summed E-state index contributed by atoms with van der Waals surface area (Å²) in [5.74, 6) is 1.26. The molecule has 0 aliphatic carbocycles. The van der Waals surface area contributed by atoms with Gasteiger partial charge in [-0.1, -0.05) is 93.2 Å². The van der Waals surface area contributed by atoms with Crippen LogP contribution < -0.4 is 0 Å². The van der Waals surface area contributed by atoms with Crippen molar-refractivity contribution in [2.75, 3.05) is 0 Å². The molecule has 1 unspecified atom stereocenters. The summed E-state index contributed by atoms with van der Waals surface area (Å²) in [4.78, 5) is 0. The molecule has 1 aromatic rings. The lowest BCUT2D eigenvalue weighted by Crippen LogP contribution is -2.18. The second kappa shape index (κ2) is 8.84. The van der Waals surface area contributed by atoms with Gasteiger partial charge in [0.2, 0.25) is 0 Å². The van der Waals surface area contributed by atoms with Crippen molar-refractivity contribution in [1.29, 1.82) is 0 Å². The minimum absolute atomic E-state index is 0.0785. The van der Waals surface area contributed by atoms with Crippen LogP contribution in [0.25, 0.3) is 0 Å². The van der Waals surface area contributed by atoms with Gasteiger partial charge in [0.25, 0.3) is 0 Å². The molecule has 2 heteroatoms. The van der Waals surface area contributed by atoms with Crippen molar-refractivity contribution in [1.82, 2.24) is 0 Å². The molecule has 1 N–H and O–H groups in total. The maximum absolute atomic E-state index is 10.8. The lowest BCUT2D eigenvalue weighted by atomic mass is 9.78. The Morgan fingerprint density at radius 1 is 0.840 bits per heavy atom. The predicted octanol–water partition coefficient (Wildman–Crippen LogP) is 7.56. The Bertz CT molecular complexity index is 511. The summed E-state index contributed by atoms with van der Waals surface area (Å²) < 4.78 is 0. The van der Waals surface area contributed by atoms with Gasteiger partial charge in [-0.15, -0.1) is 0 Å². The molecule has 1 nitrogen and oxygen atoms in total. The van der Waals surface area contributed by atoms with Crippen molar-refractivity contribution < 1.29 is 5.11 Å². The molecular weight excluding hydrogens is 324 g/mol. The first-order valence-electron chi connectivity index (χ1n) is 9.90. The number of hydrogen-bond acceptors (Lipinski definition) is 2. The van der Waals surface area contributed by atoms with Gasteiger partial charge in [-0.25, -0.2) is 0 Å². The van der Waals surface area contributed by atoms with Gasteiger partial charge in [-0.2, -0.15) is 12.6 Å². The zero-order chi connectivity index (χ0) is 19.4. The van der Waals surface area contributed by atoms with Crippen molar-refractivity contribution in [3.8, 4) is 5.75 Å². The van der Waals surface area contributed by atoms with Crippen molar-refractivity contribution in [2.24, 2.45) is 5.92 Å². The van der Waals surface area contributed by atoms with Crippen LogP contribution in [0, 0.1) is 5.92 Å². The van der Waals surface area contributed by atoms with Crippen LogP contribution in [-0.2, 0) is 10.8 Å². The van der Waals surface area contributed by atoms with Gasteiger partial charge in [0.1, 0.15) is 5.75 Å². The topological polar surface area (TPSA) is 20.2 Å². The highest BCUT2D eigenvalue weighted by Gasteiger charge is 2.27. The molecule has 0 heterocycles. The van der Waals surface area contributed by atoms with Crippen LogP contribution in [-0.4, -0.2) is 5.11 Å². The molecule has 1 rings (SSSR count). The number of benzene rings is 1. The molecule has 1 aromatic carbocycles. The smallest absolute Gasteiger partial charge is 0.123 e. The van der Waals surface area contributed by atoms with Gasteiger partial charge in [-0.05, 0) is 39.9 Å². The van der Waals surface area contributed by atoms with Crippen LogP contribution >= 0.6 is 12.6 Å². The van der Waals surface area contributed by atoms with E-state index in [1.807, 2.05) is 0 Å². The summed E-state index contributed by atoms with van der Waals surface area (Å²) in [6.07, 6.45) is 6.23. The van der Waals surface area contributed by atoms with E-state index in [9.17, 15) is 5.11 Å². The number of thiol groups is 1. The highest BCUT2D eigenvalue weighted by molar-refractivity contribution is 7.80. The fourth-order valence-corrected chi connectivity index (χ4v) is 3.56. The molecule has 0 saturated carbocycles. The number of phenols is 1. The predicted molar refractivity (Wildman–Crippen MR) is 115 cm³/mol. The second-order valence-electron chi connectivity index (χ2n) is 10.0. The molecule has 0 aromatic heterocycles. The third kappa shape index (κ3) is 6.89. The van der Waals surface area contributed by atoms with E-state index in [1.165, 1.54) is 31.2 Å². The van der Waals surface area contributed by atoms with Crippen LogP contribution in [0.3, 0.4) is 0 Å². The second-order valence-corrected chi connectivity index (χ2v) is 10.6. The zero-order valence-corrected chi connectivity index (χ0v) is 18.6. The van der Waals surface area contributed by atoms with E-state index in [4.69, 9.17) is 12.6 Å². The highest BCUT2D eigenvalue weighted by atomic mass is 32.1. The Kier molecular flexibility index (Phi) is 7.93. The first-order valence-corrected chi connectivity index (χ1v) is 10.4. The fraction of sp³-hybridized carbons (Fsp3) is 0.739. The maximum atomic E-state index is 10.8. The average molecular weight is 365 g/mol. The average Bonchev–Trinajstić information content (AvgIpc) is 2.44. The SMILES string of the molecule is CC(C)CCCCCC(S)c1cc(C(C)(C)C)c(O)c(C(C)(C)C)c1. The zero-order valence-electron chi connectivity index (χ0n) is 17.7. The number of aromatic hydroxyl groups is 1. The van der Waals surface area contributed by atoms with Gasteiger partial charge in [0.05, 0.1) is 0 Å². The monoisotopic (exact) mass is 364 g/mol. The van der Waals surface area contributed by atoms with Gasteiger partial charge in [-0.3, -0.25) is 0 Å². The molecule has 0 amide bonds. The number of phenolic OH excluding ortho intramolecular Hbond substituents is 1. The quantitative estimate of drug-likeness (QED) is 0.377. The van der Waals surface area contributed by atoms with Crippen LogP contribution in [0.4, 0.5) is 0 Å². The summed E-state index contributed by atoms with van der Waals surface area (Å²) in [5.41, 5.74) is 3.16. The van der Waals surface area contributed by atoms with Crippen molar-refractivity contribution in [3.63, 3.8) is 0 Å². The van der Waals surface area contributed by atoms with E-state index in [-0.39, 0.29) is 16.1 Å². The van der Waals surface area contributed by atoms with Gasteiger partial charge in [0.15, 0.2) is 0 Å². The molecule has 0 fully saturated rings. The van der Waals surface area contributed by atoms with E-state index in [0.29, 0.717) is 5.75 Å². The number of rotatable bonds is 7. The maximum Gasteiger partial charge on any atom is 0.123 e. The van der Waals surface area contributed by atoms with Crippen molar-refractivity contribution >= 4 is 12.6 Å². The van der Waals surface area contributed by atoms with E-state index >= 15 is 0 Å². The molecule has 25 heavy (non-hydrogen) atoms. The molecule has 1 atom stereocenters. The summed E-state index contributed by atoms with van der Waals surface area (Å²) >= 11 is 4.90. The van der Waals surface area contributed by atoms with Crippen LogP contribution in [0.5, 0.6) is 5.75 Å². The molecule has 0 saturated heterocycles. The van der Waals surface area contributed by atoms with Crippen LogP contribution in [0.2, 0.25) is 0 Å². The van der Waals surface area contributed by atoms with E-state index in [1.54, 1.807) is 0 Å². The third-order valence-corrected chi connectivity index (χ3v) is 5.45. The third-order valence-electron chi connectivity index (χ3n) is 4.89. The highest BCUT2D eigenvalue weighted by Crippen LogP contribution is 2.42. The Morgan fingerprint density at radius 3 is 1.68 bits per heavy atom. The van der Waals surface area contributed by atoms with E-state index in [0.717, 1.165) is 23.5 Å². The summed E-state index contributed by atoms with van der Waals surface area (Å²) in [6, 6.07) is 4.35. The van der Waals surface area contributed by atoms with Crippen molar-refractivity contribution in [2.45, 2.75) is 104 Å². The minimum Gasteiger partial charge on any atom is -0.507 e. The molecule has 144 valence electrons. The molecule has 0 bridgehead atoms. The summed E-state index contributed by atoms with van der Waals surface area (Å²) in [5, 5.41) is 11.1. The van der Waals surface area contributed by atoms with Crippen LogP contribution in [0.1, 0.15) is 109 Å². The molecule has 0 spiro atoms. The molecule has 0 aliphatic heterocycles. The van der Waals surface area contributed by atoms with E-state index < -0.39 is 0 Å². The van der Waals surface area contributed by atoms with Crippen molar-refractivity contribution in [3.05, 3.63) is 28.8 Å². The van der Waals surface area contributed by atoms with E-state index in [2.05, 4.69) is 67.5 Å². The Hall–Kier alpha value is -0.630. The first kappa shape index (κ1) is 22.4. The molecule has 0 aliphatic rings. The lowest BCUT2D eigenvalue weighted by Gasteiger charge is -2.29. The Labute approximate surface area is 162 Å². The standard InChI is InChI=1S/C23H40OS/c1-16(2)12-10-9-11-13-20(25)17-14-18(22(3,4)5)21(24)19(15-17)23(6,7)8/h14-16,20,24-25H,9-13H2,1-8H3. The Balaban J connectivity index is 2.98. The fourth-order valence-electron chi connectivity index (χ4n) is 3.23. The summed E-state index contributed by atoms with van der Waals surface area (Å²) in [6.45, 7) is 17.6. The molecular formula is C23H40OS. The Morgan fingerprint density at radius 2 is 1.28 bits per heavy atom. The molecule has 0 radical (unpaired) electrons. The summed E-state index contributed by atoms with van der Waals surface area (Å²) in [7, 11) is 0. The van der Waals surface area contributed by atoms with Gasteiger partial charge >= 0.3 is 0 Å². The largest absolute Gasteiger partial charge is 0.507 e. The number of hydrogen-bond donors (Lipinski definition) is 2. The van der Waals surface area contributed by atoms with Gasteiger partial charge < -0.3 is 5.11 Å². The van der Waals surface area contributed by atoms with Crippen LogP contribution in [0.15, 0.2) is 12.1 Å². The minimum atomic E-state index is -0.0785. The lowest BCUT2D eigenvalue weighted by molar-refractivity contribution is 0.422. The number of unbranched alkanes of at least 4 members (excludes halogenated alkanes) is 2. The first-order chi connectivity index (χ1) is 11.3. The van der Waals surface area contributed by atoms with Gasteiger partial charge in [0, 0.05) is 5.25 Å².